The van der Waals surface area contributed by atoms with Gasteiger partial charge in [0, 0.05) is 19.1 Å². The molecule has 1 aromatic heterocycles. The molecule has 1 aliphatic heterocycles. The van der Waals surface area contributed by atoms with Gasteiger partial charge in [-0.3, -0.25) is 0 Å². The summed E-state index contributed by atoms with van der Waals surface area (Å²) in [7, 11) is -3.02. The van der Waals surface area contributed by atoms with Gasteiger partial charge in [-0.1, -0.05) is 0 Å². The average Bonchev–Trinajstić information content (AvgIpc) is 2.90. The number of nitrogens with zero attached hydrogens (tertiary/aromatic N) is 1. The summed E-state index contributed by atoms with van der Waals surface area (Å²) in [5.41, 5.74) is 0. The molecular formula is C12H20N2O3S. The van der Waals surface area contributed by atoms with Crippen LogP contribution in [0, 0.1) is 0 Å². The molecule has 1 fully saturated rings. The molecule has 18 heavy (non-hydrogen) atoms. The van der Waals surface area contributed by atoms with E-state index in [0.29, 0.717) is 25.7 Å². The van der Waals surface area contributed by atoms with Gasteiger partial charge in [0.25, 0.3) is 0 Å². The Labute approximate surface area is 108 Å². The lowest BCUT2D eigenvalue weighted by Gasteiger charge is -2.31. The maximum absolute atomic E-state index is 11.7. The SMILES string of the molecule is CCS(=O)(=O)N1CCC(NCc2ccco2)CC1. The number of hydrogen-bond donors (Lipinski definition) is 1. The van der Waals surface area contributed by atoms with E-state index in [-0.39, 0.29) is 5.75 Å². The molecule has 0 bridgehead atoms. The van der Waals surface area contributed by atoms with Crippen molar-refractivity contribution in [3.05, 3.63) is 24.2 Å². The zero-order valence-electron chi connectivity index (χ0n) is 10.6. The van der Waals surface area contributed by atoms with Crippen LogP contribution < -0.4 is 5.32 Å². The Morgan fingerprint density at radius 1 is 1.44 bits per heavy atom. The van der Waals surface area contributed by atoms with Crippen LogP contribution in [-0.2, 0) is 16.6 Å². The highest BCUT2D eigenvalue weighted by Crippen LogP contribution is 2.15. The van der Waals surface area contributed by atoms with Crippen LogP contribution in [-0.4, -0.2) is 37.6 Å². The molecule has 2 rings (SSSR count). The molecule has 1 aromatic rings. The maximum atomic E-state index is 11.7. The van der Waals surface area contributed by atoms with Gasteiger partial charge in [0.05, 0.1) is 18.6 Å². The first-order chi connectivity index (χ1) is 8.62. The first-order valence-electron chi connectivity index (χ1n) is 6.35. The first kappa shape index (κ1) is 13.6. The number of piperidine rings is 1. The van der Waals surface area contributed by atoms with E-state index in [4.69, 9.17) is 4.42 Å². The molecule has 0 amide bonds. The molecular weight excluding hydrogens is 252 g/mol. The van der Waals surface area contributed by atoms with Gasteiger partial charge in [0.15, 0.2) is 0 Å². The Balaban J connectivity index is 1.77. The lowest BCUT2D eigenvalue weighted by molar-refractivity contribution is 0.284. The molecule has 1 aliphatic rings. The minimum atomic E-state index is -3.02. The van der Waals surface area contributed by atoms with Crippen molar-refractivity contribution < 1.29 is 12.8 Å². The fourth-order valence-corrected chi connectivity index (χ4v) is 3.31. The minimum Gasteiger partial charge on any atom is -0.468 e. The smallest absolute Gasteiger partial charge is 0.213 e. The highest BCUT2D eigenvalue weighted by Gasteiger charge is 2.26. The number of furan rings is 1. The van der Waals surface area contributed by atoms with E-state index in [9.17, 15) is 8.42 Å². The number of hydrogen-bond acceptors (Lipinski definition) is 4. The van der Waals surface area contributed by atoms with Crippen molar-refractivity contribution in [3.8, 4) is 0 Å². The highest BCUT2D eigenvalue weighted by molar-refractivity contribution is 7.89. The summed E-state index contributed by atoms with van der Waals surface area (Å²) in [6, 6.07) is 4.18. The number of sulfonamides is 1. The molecule has 0 radical (unpaired) electrons. The van der Waals surface area contributed by atoms with Crippen molar-refractivity contribution in [1.29, 1.82) is 0 Å². The molecule has 0 aliphatic carbocycles. The standard InChI is InChI=1S/C12H20N2O3S/c1-2-18(15,16)14-7-5-11(6-8-14)13-10-12-4-3-9-17-12/h3-4,9,11,13H,2,5-8,10H2,1H3. The van der Waals surface area contributed by atoms with Crippen LogP contribution >= 0.6 is 0 Å². The van der Waals surface area contributed by atoms with Gasteiger partial charge in [0.1, 0.15) is 5.76 Å². The van der Waals surface area contributed by atoms with Gasteiger partial charge in [-0.25, -0.2) is 12.7 Å². The Hall–Kier alpha value is -0.850. The van der Waals surface area contributed by atoms with Crippen LogP contribution in [0.4, 0.5) is 0 Å². The van der Waals surface area contributed by atoms with Gasteiger partial charge in [0.2, 0.25) is 10.0 Å². The number of rotatable bonds is 5. The monoisotopic (exact) mass is 272 g/mol. The molecule has 5 nitrogen and oxygen atoms in total. The summed E-state index contributed by atoms with van der Waals surface area (Å²) in [5.74, 6) is 1.11. The lowest BCUT2D eigenvalue weighted by atomic mass is 10.1. The lowest BCUT2D eigenvalue weighted by Crippen LogP contribution is -2.45. The molecule has 2 heterocycles. The van der Waals surface area contributed by atoms with Gasteiger partial charge in [-0.05, 0) is 31.9 Å². The molecule has 0 unspecified atom stereocenters. The predicted octanol–water partition coefficient (Wildman–Crippen LogP) is 1.18. The molecule has 0 saturated carbocycles. The Kier molecular flexibility index (Phi) is 4.42. The van der Waals surface area contributed by atoms with Crippen LogP contribution in [0.25, 0.3) is 0 Å². The Morgan fingerprint density at radius 2 is 2.17 bits per heavy atom. The van der Waals surface area contributed by atoms with Crippen LogP contribution in [0.5, 0.6) is 0 Å². The summed E-state index contributed by atoms with van der Waals surface area (Å²) in [5, 5.41) is 3.40. The van der Waals surface area contributed by atoms with Crippen molar-refractivity contribution in [1.82, 2.24) is 9.62 Å². The zero-order chi connectivity index (χ0) is 13.0. The quantitative estimate of drug-likeness (QED) is 0.874. The van der Waals surface area contributed by atoms with Crippen LogP contribution in [0.3, 0.4) is 0 Å². The Bertz CT molecular complexity index is 448. The first-order valence-corrected chi connectivity index (χ1v) is 7.96. The second kappa shape index (κ2) is 5.86. The molecule has 0 aromatic carbocycles. The molecule has 0 atom stereocenters. The third kappa shape index (κ3) is 3.34. The van der Waals surface area contributed by atoms with Crippen LogP contribution in [0.2, 0.25) is 0 Å². The van der Waals surface area contributed by atoms with Crippen molar-refractivity contribution in [3.63, 3.8) is 0 Å². The van der Waals surface area contributed by atoms with Crippen LogP contribution in [0.1, 0.15) is 25.5 Å². The largest absolute Gasteiger partial charge is 0.468 e. The normalized spacial score (nSPS) is 19.2. The molecule has 102 valence electrons. The minimum absolute atomic E-state index is 0.192. The molecule has 6 heteroatoms. The van der Waals surface area contributed by atoms with Crippen molar-refractivity contribution in [2.75, 3.05) is 18.8 Å². The fourth-order valence-electron chi connectivity index (χ4n) is 2.18. The highest BCUT2D eigenvalue weighted by atomic mass is 32.2. The van der Waals surface area contributed by atoms with E-state index >= 15 is 0 Å². The maximum Gasteiger partial charge on any atom is 0.213 e. The predicted molar refractivity (Wildman–Crippen MR) is 69.6 cm³/mol. The van der Waals surface area contributed by atoms with Gasteiger partial charge in [-0.15, -0.1) is 0 Å². The third-order valence-corrected chi connectivity index (χ3v) is 5.24. The molecule has 1 N–H and O–H groups in total. The van der Waals surface area contributed by atoms with Gasteiger partial charge >= 0.3 is 0 Å². The summed E-state index contributed by atoms with van der Waals surface area (Å²) in [4.78, 5) is 0. The third-order valence-electron chi connectivity index (χ3n) is 3.36. The second-order valence-corrected chi connectivity index (χ2v) is 6.79. The Morgan fingerprint density at radius 3 is 2.72 bits per heavy atom. The van der Waals surface area contributed by atoms with Gasteiger partial charge < -0.3 is 9.73 Å². The van der Waals surface area contributed by atoms with E-state index in [1.165, 1.54) is 0 Å². The summed E-state index contributed by atoms with van der Waals surface area (Å²) in [6.45, 7) is 3.63. The topological polar surface area (TPSA) is 62.6 Å². The summed E-state index contributed by atoms with van der Waals surface area (Å²) < 4.78 is 30.2. The van der Waals surface area contributed by atoms with E-state index in [1.54, 1.807) is 17.5 Å². The molecule has 1 saturated heterocycles. The van der Waals surface area contributed by atoms with E-state index < -0.39 is 10.0 Å². The van der Waals surface area contributed by atoms with E-state index in [0.717, 1.165) is 18.6 Å². The van der Waals surface area contributed by atoms with Crippen LogP contribution in [0.15, 0.2) is 22.8 Å². The van der Waals surface area contributed by atoms with Crippen molar-refractivity contribution in [2.45, 2.75) is 32.4 Å². The summed E-state index contributed by atoms with van der Waals surface area (Å²) in [6.07, 6.45) is 3.38. The summed E-state index contributed by atoms with van der Waals surface area (Å²) >= 11 is 0. The molecule has 0 spiro atoms. The van der Waals surface area contributed by atoms with Gasteiger partial charge in [-0.2, -0.15) is 0 Å². The number of nitrogens with one attached hydrogen (secondary N) is 1. The fraction of sp³-hybridized carbons (Fsp3) is 0.667. The average molecular weight is 272 g/mol. The van der Waals surface area contributed by atoms with E-state index in [1.807, 2.05) is 12.1 Å². The van der Waals surface area contributed by atoms with Crippen molar-refractivity contribution in [2.24, 2.45) is 0 Å². The van der Waals surface area contributed by atoms with E-state index in [2.05, 4.69) is 5.32 Å². The second-order valence-electron chi connectivity index (χ2n) is 4.53. The zero-order valence-corrected chi connectivity index (χ0v) is 11.4. The van der Waals surface area contributed by atoms with Crippen molar-refractivity contribution >= 4 is 10.0 Å².